The normalized spacial score (nSPS) is 16.0. The first-order valence-corrected chi connectivity index (χ1v) is 12.7. The molecule has 0 amide bonds. The second-order valence-electron chi connectivity index (χ2n) is 8.60. The number of hydrogen-bond donors (Lipinski definition) is 1. The van der Waals surface area contributed by atoms with Gasteiger partial charge < -0.3 is 14.7 Å². The zero-order chi connectivity index (χ0) is 25.6. The number of nitrogens with zero attached hydrogens (tertiary/aromatic N) is 4. The van der Waals surface area contributed by atoms with Gasteiger partial charge in [-0.1, -0.05) is 17.7 Å². The maximum absolute atomic E-state index is 14.0. The van der Waals surface area contributed by atoms with Crippen LogP contribution < -0.4 is 9.64 Å². The summed E-state index contributed by atoms with van der Waals surface area (Å²) in [7, 11) is -2.60. The molecule has 1 aliphatic heterocycles. The summed E-state index contributed by atoms with van der Waals surface area (Å²) < 4.78 is 47.0. The Morgan fingerprint density at radius 3 is 2.64 bits per heavy atom. The summed E-state index contributed by atoms with van der Waals surface area (Å²) in [5.74, 6) is -1.04. The Labute approximate surface area is 206 Å². The van der Waals surface area contributed by atoms with Gasteiger partial charge in [0.15, 0.2) is 0 Å². The van der Waals surface area contributed by atoms with Crippen LogP contribution in [-0.2, 0) is 10.0 Å². The lowest BCUT2D eigenvalue weighted by Gasteiger charge is -2.27. The Kier molecular flexibility index (Phi) is 5.87. The molecule has 1 saturated heterocycles. The minimum Gasteiger partial charge on any atom is -0.481 e. The average Bonchev–Trinajstić information content (AvgIpc) is 3.49. The number of hydrogen-bond acceptors (Lipinski definition) is 7. The first-order valence-electron chi connectivity index (χ1n) is 11.2. The van der Waals surface area contributed by atoms with E-state index in [4.69, 9.17) is 4.74 Å². The molecule has 5 rings (SSSR count). The summed E-state index contributed by atoms with van der Waals surface area (Å²) in [5, 5.41) is 9.83. The second kappa shape index (κ2) is 8.90. The van der Waals surface area contributed by atoms with Crippen LogP contribution in [0.3, 0.4) is 0 Å². The van der Waals surface area contributed by atoms with Crippen LogP contribution in [0.15, 0.2) is 59.8 Å². The first-order chi connectivity index (χ1) is 17.2. The van der Waals surface area contributed by atoms with Gasteiger partial charge >= 0.3 is 5.97 Å². The van der Waals surface area contributed by atoms with Crippen molar-refractivity contribution >= 4 is 32.8 Å². The Bertz CT molecular complexity index is 1580. The standard InChI is InChI=1S/C25H23FN4O5S/c1-15-5-7-17(8-6-15)36(33,34)30-14-19(25(31)32)23-21(30)9-10-22(28-23)29-11-3-4-20(29)18-12-16(26)13-27-24(18)35-2/h5-10,12-14,20H,3-4,11H2,1-2H3,(H,31,32)/t20-/m1/s1. The van der Waals surface area contributed by atoms with E-state index in [9.17, 15) is 22.7 Å². The van der Waals surface area contributed by atoms with Gasteiger partial charge in [0.05, 0.1) is 29.8 Å². The summed E-state index contributed by atoms with van der Waals surface area (Å²) in [6.07, 6.45) is 3.65. The van der Waals surface area contributed by atoms with E-state index in [1.165, 1.54) is 25.3 Å². The predicted octanol–water partition coefficient (Wildman–Crippen LogP) is 4.16. The maximum atomic E-state index is 14.0. The molecule has 186 valence electrons. The van der Waals surface area contributed by atoms with Crippen molar-refractivity contribution in [2.75, 3.05) is 18.6 Å². The van der Waals surface area contributed by atoms with Crippen molar-refractivity contribution in [3.63, 3.8) is 0 Å². The van der Waals surface area contributed by atoms with Gasteiger partial charge in [0, 0.05) is 18.3 Å². The fourth-order valence-electron chi connectivity index (χ4n) is 4.62. The number of halogens is 1. The number of pyridine rings is 2. The van der Waals surface area contributed by atoms with Gasteiger partial charge in [-0.05, 0) is 50.1 Å². The van der Waals surface area contributed by atoms with E-state index < -0.39 is 21.8 Å². The highest BCUT2D eigenvalue weighted by Crippen LogP contribution is 2.39. The number of aromatic carboxylic acids is 1. The molecule has 1 aliphatic rings. The Balaban J connectivity index is 1.62. The van der Waals surface area contributed by atoms with E-state index in [0.717, 1.165) is 28.4 Å². The molecule has 36 heavy (non-hydrogen) atoms. The third kappa shape index (κ3) is 3.95. The number of carbonyl (C=O) groups is 1. The quantitative estimate of drug-likeness (QED) is 0.411. The van der Waals surface area contributed by atoms with Gasteiger partial charge in [-0.2, -0.15) is 0 Å². The van der Waals surface area contributed by atoms with Crippen LogP contribution >= 0.6 is 0 Å². The molecule has 1 N–H and O–H groups in total. The lowest BCUT2D eigenvalue weighted by molar-refractivity contribution is 0.0699. The van der Waals surface area contributed by atoms with Gasteiger partial charge in [0.25, 0.3) is 10.0 Å². The van der Waals surface area contributed by atoms with E-state index >= 15 is 0 Å². The summed E-state index contributed by atoms with van der Waals surface area (Å²) in [6.45, 7) is 2.43. The highest BCUT2D eigenvalue weighted by atomic mass is 32.2. The number of anilines is 1. The van der Waals surface area contributed by atoms with E-state index in [1.54, 1.807) is 24.3 Å². The van der Waals surface area contributed by atoms with Crippen molar-refractivity contribution < 1.29 is 27.4 Å². The predicted molar refractivity (Wildman–Crippen MR) is 131 cm³/mol. The number of carboxylic acid groups (broad SMARTS) is 1. The Morgan fingerprint density at radius 2 is 1.94 bits per heavy atom. The molecule has 3 aromatic heterocycles. The minimum atomic E-state index is -4.06. The van der Waals surface area contributed by atoms with Gasteiger partial charge in [-0.15, -0.1) is 0 Å². The van der Waals surface area contributed by atoms with Crippen molar-refractivity contribution in [1.29, 1.82) is 0 Å². The highest BCUT2D eigenvalue weighted by molar-refractivity contribution is 7.90. The van der Waals surface area contributed by atoms with Gasteiger partial charge in [0.1, 0.15) is 22.7 Å². The van der Waals surface area contributed by atoms with Crippen LogP contribution in [0.4, 0.5) is 10.2 Å². The molecule has 4 heterocycles. The lowest BCUT2D eigenvalue weighted by Crippen LogP contribution is -2.24. The molecule has 0 unspecified atom stereocenters. The smallest absolute Gasteiger partial charge is 0.339 e. The summed E-state index contributed by atoms with van der Waals surface area (Å²) >= 11 is 0. The number of ether oxygens (including phenoxy) is 1. The highest BCUT2D eigenvalue weighted by Gasteiger charge is 2.32. The number of aromatic nitrogens is 3. The Morgan fingerprint density at radius 1 is 1.19 bits per heavy atom. The average molecular weight is 511 g/mol. The summed E-state index contributed by atoms with van der Waals surface area (Å²) in [4.78, 5) is 22.6. The number of benzene rings is 1. The molecule has 9 nitrogen and oxygen atoms in total. The van der Waals surface area contributed by atoms with Crippen molar-refractivity contribution in [3.05, 3.63) is 77.4 Å². The SMILES string of the molecule is COc1ncc(F)cc1[C@H]1CCCN1c1ccc2c(n1)c(C(=O)O)cn2S(=O)(=O)c1ccc(C)cc1. The molecule has 1 fully saturated rings. The topological polar surface area (TPSA) is 115 Å². The van der Waals surface area contributed by atoms with Gasteiger partial charge in [0.2, 0.25) is 5.88 Å². The fraction of sp³-hybridized carbons (Fsp3) is 0.240. The van der Waals surface area contributed by atoms with Crippen molar-refractivity contribution in [1.82, 2.24) is 13.9 Å². The van der Waals surface area contributed by atoms with Crippen LogP contribution in [0.1, 0.15) is 40.4 Å². The third-order valence-corrected chi connectivity index (χ3v) is 8.04. The molecule has 0 aliphatic carbocycles. The fourth-order valence-corrected chi connectivity index (χ4v) is 5.98. The van der Waals surface area contributed by atoms with Crippen LogP contribution in [-0.4, -0.2) is 47.1 Å². The number of methoxy groups -OCH3 is 1. The molecule has 0 saturated carbocycles. The number of carboxylic acids is 1. The van der Waals surface area contributed by atoms with Crippen LogP contribution in [0.25, 0.3) is 11.0 Å². The molecule has 0 spiro atoms. The molecule has 0 radical (unpaired) electrons. The van der Waals surface area contributed by atoms with Crippen molar-refractivity contribution in [2.45, 2.75) is 30.7 Å². The van der Waals surface area contributed by atoms with E-state index in [1.807, 2.05) is 11.8 Å². The number of rotatable bonds is 6. The minimum absolute atomic E-state index is 0.0383. The first kappa shape index (κ1) is 23.7. The molecule has 11 heteroatoms. The second-order valence-corrected chi connectivity index (χ2v) is 10.4. The summed E-state index contributed by atoms with van der Waals surface area (Å²) in [5.41, 5.74) is 1.43. The molecule has 0 bridgehead atoms. The molecule has 1 atom stereocenters. The van der Waals surface area contributed by atoms with E-state index in [2.05, 4.69) is 9.97 Å². The zero-order valence-corrected chi connectivity index (χ0v) is 20.4. The molecule has 1 aromatic carbocycles. The monoisotopic (exact) mass is 510 g/mol. The molecule has 4 aromatic rings. The largest absolute Gasteiger partial charge is 0.481 e. The van der Waals surface area contributed by atoms with Gasteiger partial charge in [-0.25, -0.2) is 31.5 Å². The molecular weight excluding hydrogens is 487 g/mol. The number of aryl methyl sites for hydroxylation is 1. The van der Waals surface area contributed by atoms with Crippen LogP contribution in [0.5, 0.6) is 5.88 Å². The van der Waals surface area contributed by atoms with Crippen molar-refractivity contribution in [2.24, 2.45) is 0 Å². The van der Waals surface area contributed by atoms with E-state index in [-0.39, 0.29) is 27.5 Å². The summed E-state index contributed by atoms with van der Waals surface area (Å²) in [6, 6.07) is 10.6. The van der Waals surface area contributed by atoms with Gasteiger partial charge in [-0.3, -0.25) is 0 Å². The van der Waals surface area contributed by atoms with E-state index in [0.29, 0.717) is 30.2 Å². The van der Waals surface area contributed by atoms with Crippen LogP contribution in [0, 0.1) is 12.7 Å². The maximum Gasteiger partial charge on any atom is 0.339 e. The molecular formula is C25H23FN4O5S. The number of fused-ring (bicyclic) bond motifs is 1. The van der Waals surface area contributed by atoms with Crippen molar-refractivity contribution in [3.8, 4) is 5.88 Å². The third-order valence-electron chi connectivity index (χ3n) is 6.35. The lowest BCUT2D eigenvalue weighted by atomic mass is 10.1. The van der Waals surface area contributed by atoms with Crippen LogP contribution in [0.2, 0.25) is 0 Å². The Hall–Kier alpha value is -3.99. The zero-order valence-electron chi connectivity index (χ0n) is 19.6.